The monoisotopic (exact) mass is 283 g/mol. The van der Waals surface area contributed by atoms with E-state index in [1.807, 2.05) is 6.92 Å². The maximum Gasteiger partial charge on any atom is 0.255 e. The van der Waals surface area contributed by atoms with Crippen molar-refractivity contribution in [3.63, 3.8) is 0 Å². The van der Waals surface area contributed by atoms with Crippen LogP contribution in [0.4, 0.5) is 0 Å². The van der Waals surface area contributed by atoms with Gasteiger partial charge in [0.15, 0.2) is 0 Å². The smallest absolute Gasteiger partial charge is 0.255 e. The zero-order valence-corrected chi connectivity index (χ0v) is 11.7. The van der Waals surface area contributed by atoms with Crippen LogP contribution in [0.15, 0.2) is 18.2 Å². The predicted octanol–water partition coefficient (Wildman–Crippen LogP) is 2.69. The van der Waals surface area contributed by atoms with Crippen LogP contribution in [0, 0.1) is 0 Å². The molecular weight excluding hydrogens is 266 g/mol. The van der Waals surface area contributed by atoms with E-state index >= 15 is 0 Å². The molecule has 1 aromatic carbocycles. The SMILES string of the molecule is CCN(CC1CCCO1)C(=O)c1cc(O)ccc1Cl. The van der Waals surface area contributed by atoms with Gasteiger partial charge in [-0.2, -0.15) is 0 Å². The number of phenolic OH excluding ortho intramolecular Hbond substituents is 1. The van der Waals surface area contributed by atoms with Crippen molar-refractivity contribution in [2.75, 3.05) is 19.7 Å². The normalized spacial score (nSPS) is 18.5. The van der Waals surface area contributed by atoms with Gasteiger partial charge in [0, 0.05) is 19.7 Å². The number of rotatable bonds is 4. The summed E-state index contributed by atoms with van der Waals surface area (Å²) >= 11 is 6.02. The van der Waals surface area contributed by atoms with Gasteiger partial charge in [-0.1, -0.05) is 11.6 Å². The van der Waals surface area contributed by atoms with Crippen LogP contribution in [0.5, 0.6) is 5.75 Å². The molecule has 1 aliphatic rings. The summed E-state index contributed by atoms with van der Waals surface area (Å²) in [5.41, 5.74) is 0.335. The summed E-state index contributed by atoms with van der Waals surface area (Å²) in [6, 6.07) is 4.41. The van der Waals surface area contributed by atoms with Crippen LogP contribution in [-0.2, 0) is 4.74 Å². The number of phenols is 1. The highest BCUT2D eigenvalue weighted by molar-refractivity contribution is 6.33. The first-order valence-electron chi connectivity index (χ1n) is 6.51. The fourth-order valence-corrected chi connectivity index (χ4v) is 2.44. The van der Waals surface area contributed by atoms with Gasteiger partial charge >= 0.3 is 0 Å². The van der Waals surface area contributed by atoms with E-state index in [9.17, 15) is 9.90 Å². The molecule has 1 unspecified atom stereocenters. The molecule has 0 saturated carbocycles. The number of likely N-dealkylation sites (N-methyl/N-ethyl adjacent to an activating group) is 1. The fraction of sp³-hybridized carbons (Fsp3) is 0.500. The molecule has 1 N–H and O–H groups in total. The fourth-order valence-electron chi connectivity index (χ4n) is 2.24. The number of amides is 1. The molecule has 5 heteroatoms. The molecule has 1 atom stereocenters. The van der Waals surface area contributed by atoms with Gasteiger partial charge in [0.2, 0.25) is 0 Å². The van der Waals surface area contributed by atoms with E-state index in [0.717, 1.165) is 19.4 Å². The summed E-state index contributed by atoms with van der Waals surface area (Å²) in [6.07, 6.45) is 2.14. The second-order valence-corrected chi connectivity index (χ2v) is 5.05. The van der Waals surface area contributed by atoms with Crippen LogP contribution >= 0.6 is 11.6 Å². The van der Waals surface area contributed by atoms with Crippen molar-refractivity contribution >= 4 is 17.5 Å². The maximum atomic E-state index is 12.4. The van der Waals surface area contributed by atoms with Crippen LogP contribution in [0.1, 0.15) is 30.1 Å². The van der Waals surface area contributed by atoms with E-state index < -0.39 is 0 Å². The Morgan fingerprint density at radius 1 is 1.58 bits per heavy atom. The van der Waals surface area contributed by atoms with Crippen molar-refractivity contribution in [2.24, 2.45) is 0 Å². The van der Waals surface area contributed by atoms with Gasteiger partial charge in [-0.25, -0.2) is 0 Å². The topological polar surface area (TPSA) is 49.8 Å². The first kappa shape index (κ1) is 14.2. The van der Waals surface area contributed by atoms with Crippen LogP contribution in [0.2, 0.25) is 5.02 Å². The lowest BCUT2D eigenvalue weighted by molar-refractivity contribution is 0.0539. The molecule has 1 aromatic rings. The van der Waals surface area contributed by atoms with E-state index in [1.54, 1.807) is 4.90 Å². The number of carbonyl (C=O) groups excluding carboxylic acids is 1. The molecule has 1 fully saturated rings. The van der Waals surface area contributed by atoms with Gasteiger partial charge in [0.1, 0.15) is 5.75 Å². The molecular formula is C14H18ClNO3. The lowest BCUT2D eigenvalue weighted by atomic mass is 10.1. The number of ether oxygens (including phenoxy) is 1. The molecule has 1 saturated heterocycles. The second-order valence-electron chi connectivity index (χ2n) is 4.64. The van der Waals surface area contributed by atoms with Crippen LogP contribution < -0.4 is 0 Å². The lowest BCUT2D eigenvalue weighted by Crippen LogP contribution is -2.37. The zero-order valence-electron chi connectivity index (χ0n) is 10.9. The van der Waals surface area contributed by atoms with Gasteiger partial charge in [-0.15, -0.1) is 0 Å². The molecule has 0 spiro atoms. The van der Waals surface area contributed by atoms with Crippen LogP contribution in [0.3, 0.4) is 0 Å². The Morgan fingerprint density at radius 3 is 3.00 bits per heavy atom. The Hall–Kier alpha value is -1.26. The van der Waals surface area contributed by atoms with E-state index in [2.05, 4.69) is 0 Å². The number of hydrogen-bond donors (Lipinski definition) is 1. The van der Waals surface area contributed by atoms with Crippen molar-refractivity contribution in [3.8, 4) is 5.75 Å². The molecule has 0 aromatic heterocycles. The Kier molecular flexibility index (Phi) is 4.66. The van der Waals surface area contributed by atoms with Crippen LogP contribution in [-0.4, -0.2) is 41.7 Å². The first-order chi connectivity index (χ1) is 9.11. The Bertz CT molecular complexity index is 458. The maximum absolute atomic E-state index is 12.4. The van der Waals surface area contributed by atoms with Gasteiger partial charge in [0.25, 0.3) is 5.91 Å². The standard InChI is InChI=1S/C14H18ClNO3/c1-2-16(9-11-4-3-7-19-11)14(18)12-8-10(17)5-6-13(12)15/h5-6,8,11,17H,2-4,7,9H2,1H3. The molecule has 19 heavy (non-hydrogen) atoms. The summed E-state index contributed by atoms with van der Waals surface area (Å²) in [7, 11) is 0. The quantitative estimate of drug-likeness (QED) is 0.924. The highest BCUT2D eigenvalue weighted by Gasteiger charge is 2.23. The lowest BCUT2D eigenvalue weighted by Gasteiger charge is -2.24. The Labute approximate surface area is 117 Å². The van der Waals surface area contributed by atoms with Crippen molar-refractivity contribution < 1.29 is 14.6 Å². The van der Waals surface area contributed by atoms with Crippen molar-refractivity contribution in [2.45, 2.75) is 25.9 Å². The third-order valence-electron chi connectivity index (χ3n) is 3.30. The Balaban J connectivity index is 2.12. The molecule has 1 aliphatic heterocycles. The van der Waals surface area contributed by atoms with Crippen molar-refractivity contribution in [3.05, 3.63) is 28.8 Å². The molecule has 0 radical (unpaired) electrons. The average molecular weight is 284 g/mol. The summed E-state index contributed by atoms with van der Waals surface area (Å²) < 4.78 is 5.55. The predicted molar refractivity (Wildman–Crippen MR) is 73.7 cm³/mol. The minimum atomic E-state index is -0.168. The number of hydrogen-bond acceptors (Lipinski definition) is 3. The molecule has 2 rings (SSSR count). The zero-order chi connectivity index (χ0) is 13.8. The number of carbonyl (C=O) groups is 1. The van der Waals surface area contributed by atoms with Gasteiger partial charge in [-0.3, -0.25) is 4.79 Å². The van der Waals surface area contributed by atoms with E-state index in [0.29, 0.717) is 23.7 Å². The summed E-state index contributed by atoms with van der Waals surface area (Å²) in [6.45, 7) is 3.85. The minimum absolute atomic E-state index is 0.0425. The second kappa shape index (κ2) is 6.26. The number of halogens is 1. The summed E-state index contributed by atoms with van der Waals surface area (Å²) in [5.74, 6) is -0.125. The summed E-state index contributed by atoms with van der Waals surface area (Å²) in [4.78, 5) is 14.1. The highest BCUT2D eigenvalue weighted by Crippen LogP contribution is 2.23. The molecule has 1 heterocycles. The summed E-state index contributed by atoms with van der Waals surface area (Å²) in [5, 5.41) is 9.83. The molecule has 0 bridgehead atoms. The first-order valence-corrected chi connectivity index (χ1v) is 6.89. The van der Waals surface area contributed by atoms with Gasteiger partial charge < -0.3 is 14.7 Å². The third kappa shape index (κ3) is 3.39. The minimum Gasteiger partial charge on any atom is -0.508 e. The number of nitrogens with zero attached hydrogens (tertiary/aromatic N) is 1. The van der Waals surface area contributed by atoms with E-state index in [4.69, 9.17) is 16.3 Å². The van der Waals surface area contributed by atoms with Gasteiger partial charge in [0.05, 0.1) is 16.7 Å². The molecule has 104 valence electrons. The largest absolute Gasteiger partial charge is 0.508 e. The van der Waals surface area contributed by atoms with Crippen molar-refractivity contribution in [1.29, 1.82) is 0 Å². The highest BCUT2D eigenvalue weighted by atomic mass is 35.5. The number of benzene rings is 1. The molecule has 4 nitrogen and oxygen atoms in total. The Morgan fingerprint density at radius 2 is 2.37 bits per heavy atom. The molecule has 1 amide bonds. The van der Waals surface area contributed by atoms with E-state index in [-0.39, 0.29) is 17.8 Å². The van der Waals surface area contributed by atoms with Gasteiger partial charge in [-0.05, 0) is 38.0 Å². The third-order valence-corrected chi connectivity index (χ3v) is 3.63. The van der Waals surface area contributed by atoms with Crippen LogP contribution in [0.25, 0.3) is 0 Å². The average Bonchev–Trinajstić information content (AvgIpc) is 2.91. The number of aromatic hydroxyl groups is 1. The van der Waals surface area contributed by atoms with Crippen molar-refractivity contribution in [1.82, 2.24) is 4.90 Å². The molecule has 0 aliphatic carbocycles. The van der Waals surface area contributed by atoms with E-state index in [1.165, 1.54) is 18.2 Å².